The SMILES string of the molecule is O=C(O)N1CC=CC=C1c1ccncc1. The highest BCUT2D eigenvalue weighted by atomic mass is 16.4. The molecule has 0 saturated heterocycles. The topological polar surface area (TPSA) is 53.4 Å². The lowest BCUT2D eigenvalue weighted by Gasteiger charge is -2.23. The lowest BCUT2D eigenvalue weighted by atomic mass is 10.1. The first-order valence-electron chi connectivity index (χ1n) is 4.57. The smallest absolute Gasteiger partial charge is 0.412 e. The van der Waals surface area contributed by atoms with E-state index in [2.05, 4.69) is 4.98 Å². The Balaban J connectivity index is 2.38. The summed E-state index contributed by atoms with van der Waals surface area (Å²) >= 11 is 0. The van der Waals surface area contributed by atoms with Crippen molar-refractivity contribution in [2.45, 2.75) is 0 Å². The molecular formula is C11H10N2O2. The summed E-state index contributed by atoms with van der Waals surface area (Å²) in [7, 11) is 0. The Morgan fingerprint density at radius 2 is 2.13 bits per heavy atom. The number of amides is 1. The van der Waals surface area contributed by atoms with Crippen LogP contribution >= 0.6 is 0 Å². The molecule has 0 bridgehead atoms. The van der Waals surface area contributed by atoms with Crippen molar-refractivity contribution in [1.29, 1.82) is 0 Å². The van der Waals surface area contributed by atoms with Crippen LogP contribution < -0.4 is 0 Å². The quantitative estimate of drug-likeness (QED) is 0.757. The minimum atomic E-state index is -0.942. The van der Waals surface area contributed by atoms with Gasteiger partial charge in [0.25, 0.3) is 0 Å². The summed E-state index contributed by atoms with van der Waals surface area (Å²) in [5.74, 6) is 0. The minimum absolute atomic E-state index is 0.392. The fraction of sp³-hybridized carbons (Fsp3) is 0.0909. The highest BCUT2D eigenvalue weighted by molar-refractivity contribution is 5.82. The van der Waals surface area contributed by atoms with Crippen molar-refractivity contribution >= 4 is 11.8 Å². The van der Waals surface area contributed by atoms with E-state index in [4.69, 9.17) is 5.11 Å². The summed E-state index contributed by atoms with van der Waals surface area (Å²) in [6.07, 6.45) is 7.80. The zero-order valence-corrected chi connectivity index (χ0v) is 8.00. The zero-order chi connectivity index (χ0) is 10.7. The second-order valence-electron chi connectivity index (χ2n) is 3.11. The van der Waals surface area contributed by atoms with Gasteiger partial charge in [0.2, 0.25) is 0 Å². The first-order chi connectivity index (χ1) is 7.29. The number of allylic oxidation sites excluding steroid dienone is 2. The van der Waals surface area contributed by atoms with Gasteiger partial charge in [-0.2, -0.15) is 0 Å². The van der Waals surface area contributed by atoms with Crippen molar-refractivity contribution in [2.75, 3.05) is 6.54 Å². The largest absolute Gasteiger partial charge is 0.465 e. The summed E-state index contributed by atoms with van der Waals surface area (Å²) in [5, 5.41) is 9.01. The van der Waals surface area contributed by atoms with Crippen molar-refractivity contribution in [2.24, 2.45) is 0 Å². The van der Waals surface area contributed by atoms with Crippen molar-refractivity contribution < 1.29 is 9.90 Å². The van der Waals surface area contributed by atoms with Crippen LogP contribution in [0.3, 0.4) is 0 Å². The van der Waals surface area contributed by atoms with Gasteiger partial charge in [0, 0.05) is 24.5 Å². The summed E-state index contributed by atoms with van der Waals surface area (Å²) in [4.78, 5) is 16.2. The summed E-state index contributed by atoms with van der Waals surface area (Å²) in [6, 6.07) is 3.59. The highest BCUT2D eigenvalue weighted by Crippen LogP contribution is 2.21. The Labute approximate surface area is 87.2 Å². The number of carbonyl (C=O) groups is 1. The van der Waals surface area contributed by atoms with Crippen molar-refractivity contribution in [3.05, 3.63) is 48.3 Å². The van der Waals surface area contributed by atoms with Gasteiger partial charge in [-0.15, -0.1) is 0 Å². The molecule has 76 valence electrons. The van der Waals surface area contributed by atoms with Crippen LogP contribution in [0.15, 0.2) is 42.8 Å². The number of aromatic nitrogens is 1. The van der Waals surface area contributed by atoms with Crippen LogP contribution in [0.2, 0.25) is 0 Å². The lowest BCUT2D eigenvalue weighted by Crippen LogP contribution is -2.29. The van der Waals surface area contributed by atoms with Gasteiger partial charge < -0.3 is 5.11 Å². The summed E-state index contributed by atoms with van der Waals surface area (Å²) in [6.45, 7) is 0.392. The van der Waals surface area contributed by atoms with E-state index in [1.165, 1.54) is 4.90 Å². The molecule has 1 N–H and O–H groups in total. The van der Waals surface area contributed by atoms with Crippen LogP contribution in [0.1, 0.15) is 5.56 Å². The van der Waals surface area contributed by atoms with E-state index >= 15 is 0 Å². The molecule has 0 saturated carbocycles. The second-order valence-corrected chi connectivity index (χ2v) is 3.11. The van der Waals surface area contributed by atoms with Crippen LogP contribution in [-0.4, -0.2) is 27.6 Å². The Bertz CT molecular complexity index is 423. The van der Waals surface area contributed by atoms with Crippen LogP contribution in [0.5, 0.6) is 0 Å². The molecule has 0 aromatic carbocycles. The van der Waals surface area contributed by atoms with E-state index in [0.29, 0.717) is 12.2 Å². The maximum atomic E-state index is 11.0. The fourth-order valence-electron chi connectivity index (χ4n) is 1.47. The molecule has 0 aliphatic carbocycles. The van der Waals surface area contributed by atoms with Gasteiger partial charge in [-0.1, -0.05) is 12.2 Å². The van der Waals surface area contributed by atoms with Gasteiger partial charge in [0.1, 0.15) is 0 Å². The average molecular weight is 202 g/mol. The number of rotatable bonds is 1. The molecule has 0 radical (unpaired) electrons. The second kappa shape index (κ2) is 3.96. The third-order valence-corrected chi connectivity index (χ3v) is 2.18. The van der Waals surface area contributed by atoms with Gasteiger partial charge in [-0.05, 0) is 18.2 Å². The molecule has 2 heterocycles. The molecule has 0 fully saturated rings. The molecule has 0 spiro atoms. The number of hydrogen-bond donors (Lipinski definition) is 1. The molecular weight excluding hydrogens is 192 g/mol. The van der Waals surface area contributed by atoms with Gasteiger partial charge in [-0.25, -0.2) is 4.79 Å². The van der Waals surface area contributed by atoms with Crippen LogP contribution in [0.25, 0.3) is 5.70 Å². The Morgan fingerprint density at radius 1 is 1.40 bits per heavy atom. The standard InChI is InChI=1S/C11H10N2O2/c14-11(15)13-8-2-1-3-10(13)9-4-6-12-7-5-9/h1-7H,8H2,(H,14,15). The molecule has 1 aromatic rings. The van der Waals surface area contributed by atoms with E-state index in [-0.39, 0.29) is 0 Å². The summed E-state index contributed by atoms with van der Waals surface area (Å²) in [5.41, 5.74) is 1.55. The zero-order valence-electron chi connectivity index (χ0n) is 8.00. The molecule has 1 aromatic heterocycles. The first-order valence-corrected chi connectivity index (χ1v) is 4.57. The number of hydrogen-bond acceptors (Lipinski definition) is 2. The molecule has 4 nitrogen and oxygen atoms in total. The minimum Gasteiger partial charge on any atom is -0.465 e. The van der Waals surface area contributed by atoms with E-state index in [0.717, 1.165) is 5.56 Å². The Kier molecular flexibility index (Phi) is 2.49. The van der Waals surface area contributed by atoms with Gasteiger partial charge in [-0.3, -0.25) is 9.88 Å². The Morgan fingerprint density at radius 3 is 2.80 bits per heavy atom. The number of carboxylic acid groups (broad SMARTS) is 1. The number of nitrogens with zero attached hydrogens (tertiary/aromatic N) is 2. The van der Waals surface area contributed by atoms with Crippen molar-refractivity contribution in [3.8, 4) is 0 Å². The maximum absolute atomic E-state index is 11.0. The van der Waals surface area contributed by atoms with Gasteiger partial charge in [0.15, 0.2) is 0 Å². The lowest BCUT2D eigenvalue weighted by molar-refractivity contribution is 0.169. The molecule has 1 aliphatic rings. The maximum Gasteiger partial charge on any atom is 0.412 e. The highest BCUT2D eigenvalue weighted by Gasteiger charge is 2.18. The van der Waals surface area contributed by atoms with Crippen molar-refractivity contribution in [3.63, 3.8) is 0 Å². The Hall–Kier alpha value is -2.10. The van der Waals surface area contributed by atoms with E-state index in [9.17, 15) is 4.79 Å². The first kappa shape index (κ1) is 9.45. The predicted octanol–water partition coefficient (Wildman–Crippen LogP) is 1.97. The molecule has 0 unspecified atom stereocenters. The van der Waals surface area contributed by atoms with Crippen LogP contribution in [-0.2, 0) is 0 Å². The monoisotopic (exact) mass is 202 g/mol. The predicted molar refractivity (Wildman–Crippen MR) is 56.1 cm³/mol. The van der Waals surface area contributed by atoms with Gasteiger partial charge >= 0.3 is 6.09 Å². The third-order valence-electron chi connectivity index (χ3n) is 2.18. The molecule has 15 heavy (non-hydrogen) atoms. The fourth-order valence-corrected chi connectivity index (χ4v) is 1.47. The van der Waals surface area contributed by atoms with Gasteiger partial charge in [0.05, 0.1) is 5.70 Å². The molecule has 1 amide bonds. The third kappa shape index (κ3) is 1.88. The average Bonchev–Trinajstić information content (AvgIpc) is 2.30. The van der Waals surface area contributed by atoms with Crippen LogP contribution in [0.4, 0.5) is 4.79 Å². The molecule has 2 rings (SSSR count). The summed E-state index contributed by atoms with van der Waals surface area (Å²) < 4.78 is 0. The van der Waals surface area contributed by atoms with E-state index in [1.54, 1.807) is 36.7 Å². The van der Waals surface area contributed by atoms with E-state index < -0.39 is 6.09 Å². The normalized spacial score (nSPS) is 14.9. The molecule has 1 aliphatic heterocycles. The molecule has 0 atom stereocenters. The van der Waals surface area contributed by atoms with Crippen LogP contribution in [0, 0.1) is 0 Å². The molecule has 4 heteroatoms. The van der Waals surface area contributed by atoms with Crippen molar-refractivity contribution in [1.82, 2.24) is 9.88 Å². The van der Waals surface area contributed by atoms with E-state index in [1.807, 2.05) is 6.08 Å². The number of pyridine rings is 1.